The molecule has 102 valence electrons. The van der Waals surface area contributed by atoms with Crippen molar-refractivity contribution in [2.45, 2.75) is 12.3 Å². The molecular weight excluding hydrogens is 246 g/mol. The summed E-state index contributed by atoms with van der Waals surface area (Å²) in [6.07, 6.45) is 2.84. The lowest BCUT2D eigenvalue weighted by molar-refractivity contribution is 0.615. The second-order valence-corrected chi connectivity index (χ2v) is 5.07. The standard InChI is InChI=1S/C18H19NO/c1-19-11-9-17(14-5-3-2-4-6-14)15-7-8-18-16(13-15)10-12-20-18/h2-8,10,12-13,17,19H,9,11H2,1H3. The summed E-state index contributed by atoms with van der Waals surface area (Å²) < 4.78 is 5.43. The predicted molar refractivity (Wildman–Crippen MR) is 83.0 cm³/mol. The molecule has 0 saturated heterocycles. The van der Waals surface area contributed by atoms with E-state index in [0.717, 1.165) is 18.5 Å². The monoisotopic (exact) mass is 265 g/mol. The molecule has 2 heteroatoms. The molecule has 0 aliphatic heterocycles. The highest BCUT2D eigenvalue weighted by atomic mass is 16.3. The summed E-state index contributed by atoms with van der Waals surface area (Å²) in [4.78, 5) is 0. The van der Waals surface area contributed by atoms with E-state index >= 15 is 0 Å². The molecule has 0 aliphatic rings. The summed E-state index contributed by atoms with van der Waals surface area (Å²) >= 11 is 0. The number of hydrogen-bond acceptors (Lipinski definition) is 2. The molecule has 0 amide bonds. The van der Waals surface area contributed by atoms with Crippen molar-refractivity contribution in [2.75, 3.05) is 13.6 Å². The van der Waals surface area contributed by atoms with Gasteiger partial charge >= 0.3 is 0 Å². The largest absolute Gasteiger partial charge is 0.464 e. The van der Waals surface area contributed by atoms with Gasteiger partial charge in [0, 0.05) is 11.3 Å². The van der Waals surface area contributed by atoms with Gasteiger partial charge in [0.2, 0.25) is 0 Å². The Morgan fingerprint density at radius 3 is 2.65 bits per heavy atom. The minimum Gasteiger partial charge on any atom is -0.464 e. The highest BCUT2D eigenvalue weighted by molar-refractivity contribution is 5.78. The van der Waals surface area contributed by atoms with Crippen molar-refractivity contribution in [1.82, 2.24) is 5.32 Å². The van der Waals surface area contributed by atoms with Gasteiger partial charge in [0.25, 0.3) is 0 Å². The summed E-state index contributed by atoms with van der Waals surface area (Å²) in [7, 11) is 2.00. The topological polar surface area (TPSA) is 25.2 Å². The molecule has 1 aromatic heterocycles. The van der Waals surface area contributed by atoms with Crippen LogP contribution < -0.4 is 5.32 Å². The first-order chi connectivity index (χ1) is 9.88. The van der Waals surface area contributed by atoms with Gasteiger partial charge in [-0.3, -0.25) is 0 Å². The van der Waals surface area contributed by atoms with Crippen LogP contribution in [-0.2, 0) is 0 Å². The summed E-state index contributed by atoms with van der Waals surface area (Å²) in [5.74, 6) is 0.419. The van der Waals surface area contributed by atoms with Gasteiger partial charge in [-0.2, -0.15) is 0 Å². The molecule has 0 fully saturated rings. The van der Waals surface area contributed by atoms with Gasteiger partial charge in [0.15, 0.2) is 0 Å². The van der Waals surface area contributed by atoms with E-state index < -0.39 is 0 Å². The molecule has 20 heavy (non-hydrogen) atoms. The Kier molecular flexibility index (Phi) is 3.84. The number of nitrogens with one attached hydrogen (secondary N) is 1. The fourth-order valence-corrected chi connectivity index (χ4v) is 2.70. The molecular formula is C18H19NO. The lowest BCUT2D eigenvalue weighted by Gasteiger charge is -2.18. The van der Waals surface area contributed by atoms with Gasteiger partial charge in [-0.1, -0.05) is 36.4 Å². The van der Waals surface area contributed by atoms with Crippen LogP contribution in [0.25, 0.3) is 11.0 Å². The first-order valence-corrected chi connectivity index (χ1v) is 7.05. The van der Waals surface area contributed by atoms with E-state index in [0.29, 0.717) is 5.92 Å². The maximum Gasteiger partial charge on any atom is 0.133 e. The van der Waals surface area contributed by atoms with Crippen LogP contribution >= 0.6 is 0 Å². The van der Waals surface area contributed by atoms with Crippen molar-refractivity contribution in [3.8, 4) is 0 Å². The second kappa shape index (κ2) is 5.93. The zero-order valence-corrected chi connectivity index (χ0v) is 11.7. The lowest BCUT2D eigenvalue weighted by Crippen LogP contribution is -2.13. The van der Waals surface area contributed by atoms with Crippen LogP contribution in [0.5, 0.6) is 0 Å². The first kappa shape index (κ1) is 12.9. The van der Waals surface area contributed by atoms with E-state index in [2.05, 4.69) is 53.8 Å². The molecule has 0 bridgehead atoms. The van der Waals surface area contributed by atoms with Gasteiger partial charge in [0.05, 0.1) is 6.26 Å². The summed E-state index contributed by atoms with van der Waals surface area (Å²) in [5.41, 5.74) is 3.67. The Hall–Kier alpha value is -2.06. The molecule has 1 heterocycles. The Labute approximate surface area is 119 Å². The quantitative estimate of drug-likeness (QED) is 0.749. The molecule has 0 aliphatic carbocycles. The molecule has 1 atom stereocenters. The molecule has 1 unspecified atom stereocenters. The maximum absolute atomic E-state index is 5.43. The fraction of sp³-hybridized carbons (Fsp3) is 0.222. The fourth-order valence-electron chi connectivity index (χ4n) is 2.70. The van der Waals surface area contributed by atoms with Crippen molar-refractivity contribution in [3.63, 3.8) is 0 Å². The van der Waals surface area contributed by atoms with Crippen molar-refractivity contribution in [1.29, 1.82) is 0 Å². The average Bonchev–Trinajstić information content (AvgIpc) is 2.96. The second-order valence-electron chi connectivity index (χ2n) is 5.07. The van der Waals surface area contributed by atoms with Crippen LogP contribution in [0.2, 0.25) is 0 Å². The van der Waals surface area contributed by atoms with Crippen LogP contribution in [0.15, 0.2) is 65.3 Å². The Morgan fingerprint density at radius 1 is 1.00 bits per heavy atom. The van der Waals surface area contributed by atoms with Crippen LogP contribution in [0.4, 0.5) is 0 Å². The number of fused-ring (bicyclic) bond motifs is 1. The molecule has 2 nitrogen and oxygen atoms in total. The number of hydrogen-bond donors (Lipinski definition) is 1. The van der Waals surface area contributed by atoms with Gasteiger partial charge in [0.1, 0.15) is 5.58 Å². The maximum atomic E-state index is 5.43. The average molecular weight is 265 g/mol. The number of furan rings is 1. The van der Waals surface area contributed by atoms with E-state index in [4.69, 9.17) is 4.42 Å². The van der Waals surface area contributed by atoms with Crippen molar-refractivity contribution in [2.24, 2.45) is 0 Å². The molecule has 0 radical (unpaired) electrons. The SMILES string of the molecule is CNCCC(c1ccccc1)c1ccc2occc2c1. The normalized spacial score (nSPS) is 12.7. The van der Waals surface area contributed by atoms with Gasteiger partial charge in [-0.15, -0.1) is 0 Å². The first-order valence-electron chi connectivity index (χ1n) is 7.05. The summed E-state index contributed by atoms with van der Waals surface area (Å²) in [6, 6.07) is 19.2. The molecule has 3 aromatic rings. The third-order valence-corrected chi connectivity index (χ3v) is 3.76. The van der Waals surface area contributed by atoms with Crippen molar-refractivity contribution >= 4 is 11.0 Å². The van der Waals surface area contributed by atoms with Gasteiger partial charge in [-0.25, -0.2) is 0 Å². The minimum absolute atomic E-state index is 0.419. The zero-order chi connectivity index (χ0) is 13.8. The van der Waals surface area contributed by atoms with Crippen LogP contribution in [-0.4, -0.2) is 13.6 Å². The number of rotatable bonds is 5. The van der Waals surface area contributed by atoms with E-state index in [-0.39, 0.29) is 0 Å². The van der Waals surface area contributed by atoms with Crippen molar-refractivity contribution in [3.05, 3.63) is 72.0 Å². The molecule has 0 spiro atoms. The highest BCUT2D eigenvalue weighted by Crippen LogP contribution is 2.30. The van der Waals surface area contributed by atoms with Crippen LogP contribution in [0, 0.1) is 0 Å². The van der Waals surface area contributed by atoms with E-state index in [1.165, 1.54) is 16.5 Å². The van der Waals surface area contributed by atoms with Crippen LogP contribution in [0.1, 0.15) is 23.5 Å². The van der Waals surface area contributed by atoms with Gasteiger partial charge < -0.3 is 9.73 Å². The molecule has 1 N–H and O–H groups in total. The lowest BCUT2D eigenvalue weighted by atomic mass is 9.88. The molecule has 0 saturated carbocycles. The Bertz CT molecular complexity index is 672. The zero-order valence-electron chi connectivity index (χ0n) is 11.7. The predicted octanol–water partition coefficient (Wildman–Crippen LogP) is 4.17. The third-order valence-electron chi connectivity index (χ3n) is 3.76. The highest BCUT2D eigenvalue weighted by Gasteiger charge is 2.14. The smallest absolute Gasteiger partial charge is 0.133 e. The minimum atomic E-state index is 0.419. The van der Waals surface area contributed by atoms with E-state index in [1.807, 2.05) is 13.1 Å². The summed E-state index contributed by atoms with van der Waals surface area (Å²) in [5, 5.41) is 4.43. The van der Waals surface area contributed by atoms with Gasteiger partial charge in [-0.05, 0) is 49.3 Å². The van der Waals surface area contributed by atoms with Crippen molar-refractivity contribution < 1.29 is 4.42 Å². The van der Waals surface area contributed by atoms with E-state index in [1.54, 1.807) is 6.26 Å². The summed E-state index contributed by atoms with van der Waals surface area (Å²) in [6.45, 7) is 1.00. The molecule has 3 rings (SSSR count). The number of benzene rings is 2. The van der Waals surface area contributed by atoms with Crippen LogP contribution in [0.3, 0.4) is 0 Å². The third kappa shape index (κ3) is 2.61. The molecule has 2 aromatic carbocycles. The Morgan fingerprint density at radius 2 is 1.85 bits per heavy atom. The Balaban J connectivity index is 1.99. The van der Waals surface area contributed by atoms with E-state index in [9.17, 15) is 0 Å².